The van der Waals surface area contributed by atoms with Crippen molar-refractivity contribution in [1.82, 2.24) is 0 Å². The van der Waals surface area contributed by atoms with Gasteiger partial charge in [0.05, 0.1) is 0 Å². The van der Waals surface area contributed by atoms with Crippen molar-refractivity contribution in [2.45, 2.75) is 32.4 Å². The van der Waals surface area contributed by atoms with Gasteiger partial charge in [0.1, 0.15) is 0 Å². The summed E-state index contributed by atoms with van der Waals surface area (Å²) in [6.45, 7) is 4.44. The second-order valence-electron chi connectivity index (χ2n) is 8.75. The van der Waals surface area contributed by atoms with E-state index in [0.29, 0.717) is 5.92 Å². The average molecular weight is 635 g/mol. The fourth-order valence-corrected chi connectivity index (χ4v) is 3.90. The van der Waals surface area contributed by atoms with E-state index in [1.165, 1.54) is 16.8 Å². The molecule has 0 bridgehead atoms. The molecular weight excluding hydrogens is 605 g/mol. The molecule has 181 valence electrons. The van der Waals surface area contributed by atoms with Crippen LogP contribution in [0.15, 0.2) is 121 Å². The minimum absolute atomic E-state index is 0. The minimum atomic E-state index is 0. The van der Waals surface area contributed by atoms with Crippen molar-refractivity contribution in [3.05, 3.63) is 155 Å². The predicted molar refractivity (Wildman–Crippen MR) is 143 cm³/mol. The Balaban J connectivity index is 0.000000192. The van der Waals surface area contributed by atoms with E-state index in [9.17, 15) is 0 Å². The topological polar surface area (TPSA) is 28.2 Å². The average Bonchev–Trinajstić information content (AvgIpc) is 2.90. The molecule has 0 spiro atoms. The van der Waals surface area contributed by atoms with E-state index in [1.807, 2.05) is 48.7 Å². The summed E-state index contributed by atoms with van der Waals surface area (Å²) in [5.74, 6) is 0.655. The standard InChI is InChI=1S/C17H13N.C15H17N.Ir/c1-2-7-14(8-3-1)15-9-6-10-16(13-15)17-11-4-5-12-18-17;1-12(2)11-14-9-6-10-15(16-14)13-7-4-3-5-8-13;/h1-9,11-13,17H;3-7,9-10,12,15H,11H2,1-2H3;/q2*-2;. The fourth-order valence-electron chi connectivity index (χ4n) is 3.90. The maximum Gasteiger partial charge on any atom is 0 e. The van der Waals surface area contributed by atoms with Gasteiger partial charge >= 0.3 is 0 Å². The maximum absolute atomic E-state index is 4.74. The largest absolute Gasteiger partial charge is 0.683 e. The van der Waals surface area contributed by atoms with Crippen LogP contribution in [0.3, 0.4) is 0 Å². The van der Waals surface area contributed by atoms with E-state index in [2.05, 4.69) is 98.1 Å². The van der Waals surface area contributed by atoms with Crippen LogP contribution in [0.1, 0.15) is 43.5 Å². The summed E-state index contributed by atoms with van der Waals surface area (Å²) < 4.78 is 0. The number of rotatable bonds is 5. The molecule has 2 atom stereocenters. The number of nitrogens with zero attached hydrogens (tertiary/aromatic N) is 2. The van der Waals surface area contributed by atoms with E-state index >= 15 is 0 Å². The Labute approximate surface area is 223 Å². The molecule has 35 heavy (non-hydrogen) atoms. The third-order valence-corrected chi connectivity index (χ3v) is 5.54. The van der Waals surface area contributed by atoms with Crippen molar-refractivity contribution >= 4 is 0 Å². The van der Waals surface area contributed by atoms with Crippen molar-refractivity contribution in [3.8, 4) is 11.1 Å². The SMILES string of the molecule is CC(C)CC1=CC=CC(c2[c-]cccc2)[N-]1.[Ir].[c-]1ccc(-c2ccccc2)cc1C1C=CC=C[N-]1. The molecule has 2 unspecified atom stereocenters. The smallest absolute Gasteiger partial charge is 0 e. The second-order valence-corrected chi connectivity index (χ2v) is 8.75. The Morgan fingerprint density at radius 1 is 0.771 bits per heavy atom. The predicted octanol–water partition coefficient (Wildman–Crippen LogP) is 9.05. The number of allylic oxidation sites excluding steroid dienone is 5. The van der Waals surface area contributed by atoms with Gasteiger partial charge in [-0.15, -0.1) is 5.56 Å². The van der Waals surface area contributed by atoms with Crippen LogP contribution in [0.4, 0.5) is 0 Å². The Morgan fingerprint density at radius 2 is 1.54 bits per heavy atom. The van der Waals surface area contributed by atoms with Gasteiger partial charge in [-0.1, -0.05) is 92.7 Å². The first-order valence-corrected chi connectivity index (χ1v) is 11.8. The van der Waals surface area contributed by atoms with Gasteiger partial charge in [-0.2, -0.15) is 77.6 Å². The molecule has 2 aliphatic rings. The molecule has 2 heterocycles. The first-order chi connectivity index (χ1) is 16.7. The number of hydrogen-bond donors (Lipinski definition) is 0. The molecular formula is C32H30IrN2-4. The number of hydrogen-bond acceptors (Lipinski definition) is 0. The normalized spacial score (nSPS) is 17.9. The van der Waals surface area contributed by atoms with Gasteiger partial charge in [0, 0.05) is 20.1 Å². The van der Waals surface area contributed by atoms with Gasteiger partial charge in [0.25, 0.3) is 0 Å². The van der Waals surface area contributed by atoms with Gasteiger partial charge < -0.3 is 10.6 Å². The zero-order chi connectivity index (χ0) is 23.6. The maximum atomic E-state index is 4.74. The van der Waals surface area contributed by atoms with Crippen LogP contribution in [0.2, 0.25) is 0 Å². The van der Waals surface area contributed by atoms with E-state index in [-0.39, 0.29) is 32.2 Å². The molecule has 2 nitrogen and oxygen atoms in total. The van der Waals surface area contributed by atoms with Crippen LogP contribution in [0.5, 0.6) is 0 Å². The second kappa shape index (κ2) is 13.7. The van der Waals surface area contributed by atoms with Crippen molar-refractivity contribution in [1.29, 1.82) is 0 Å². The third kappa shape index (κ3) is 7.96. The van der Waals surface area contributed by atoms with Crippen LogP contribution in [0.25, 0.3) is 21.8 Å². The third-order valence-electron chi connectivity index (χ3n) is 5.54. The summed E-state index contributed by atoms with van der Waals surface area (Å²) in [4.78, 5) is 0. The molecule has 0 aromatic heterocycles. The Kier molecular flexibility index (Phi) is 10.3. The fraction of sp³-hybridized carbons (Fsp3) is 0.188. The molecule has 3 heteroatoms. The van der Waals surface area contributed by atoms with E-state index in [1.54, 1.807) is 0 Å². The van der Waals surface area contributed by atoms with Gasteiger partial charge in [-0.05, 0) is 17.9 Å². The Morgan fingerprint density at radius 3 is 2.26 bits per heavy atom. The first-order valence-electron chi connectivity index (χ1n) is 11.8. The molecule has 0 N–H and O–H groups in total. The summed E-state index contributed by atoms with van der Waals surface area (Å²) in [6, 6.07) is 31.4. The van der Waals surface area contributed by atoms with Crippen LogP contribution in [-0.2, 0) is 20.1 Å². The molecule has 0 fully saturated rings. The molecule has 5 rings (SSSR count). The summed E-state index contributed by atoms with van der Waals surface area (Å²) in [5, 5.41) is 9.17. The molecule has 2 aliphatic heterocycles. The number of benzene rings is 3. The monoisotopic (exact) mass is 635 g/mol. The summed E-state index contributed by atoms with van der Waals surface area (Å²) in [6.07, 6.45) is 15.3. The van der Waals surface area contributed by atoms with Crippen LogP contribution in [0, 0.1) is 18.1 Å². The van der Waals surface area contributed by atoms with Crippen molar-refractivity contribution in [2.75, 3.05) is 0 Å². The molecule has 1 radical (unpaired) electrons. The van der Waals surface area contributed by atoms with Crippen LogP contribution < -0.4 is 0 Å². The van der Waals surface area contributed by atoms with Crippen LogP contribution >= 0.6 is 0 Å². The van der Waals surface area contributed by atoms with Gasteiger partial charge in [0.15, 0.2) is 0 Å². The summed E-state index contributed by atoms with van der Waals surface area (Å²) in [7, 11) is 0. The Bertz CT molecular complexity index is 1160. The van der Waals surface area contributed by atoms with Crippen molar-refractivity contribution in [2.24, 2.45) is 5.92 Å². The molecule has 0 saturated carbocycles. The van der Waals surface area contributed by atoms with Gasteiger partial charge in [-0.25, -0.2) is 0 Å². The first kappa shape index (κ1) is 26.5. The van der Waals surface area contributed by atoms with E-state index < -0.39 is 0 Å². The van der Waals surface area contributed by atoms with Gasteiger partial charge in [-0.3, -0.25) is 0 Å². The Hall–Kier alpha value is -3.13. The van der Waals surface area contributed by atoms with Crippen molar-refractivity contribution < 1.29 is 20.1 Å². The molecule has 0 saturated heterocycles. The zero-order valence-corrected chi connectivity index (χ0v) is 22.5. The summed E-state index contributed by atoms with van der Waals surface area (Å²) in [5.41, 5.74) is 5.88. The molecule has 0 aliphatic carbocycles. The summed E-state index contributed by atoms with van der Waals surface area (Å²) >= 11 is 0. The molecule has 3 aromatic rings. The molecule has 0 amide bonds. The minimum Gasteiger partial charge on any atom is -0.683 e. The van der Waals surface area contributed by atoms with Crippen LogP contribution in [-0.4, -0.2) is 0 Å². The van der Waals surface area contributed by atoms with E-state index in [4.69, 9.17) is 5.32 Å². The van der Waals surface area contributed by atoms with Gasteiger partial charge in [0.2, 0.25) is 0 Å². The quantitative estimate of drug-likeness (QED) is 0.251. The van der Waals surface area contributed by atoms with E-state index in [0.717, 1.165) is 17.5 Å². The molecule has 3 aromatic carbocycles. The van der Waals surface area contributed by atoms with Crippen molar-refractivity contribution in [3.63, 3.8) is 0 Å². The zero-order valence-electron chi connectivity index (χ0n) is 20.1.